The second-order valence-electron chi connectivity index (χ2n) is 6.10. The van der Waals surface area contributed by atoms with Gasteiger partial charge in [0.2, 0.25) is 0 Å². The number of H-pyrrole nitrogens is 1. The second-order valence-corrected chi connectivity index (χ2v) is 7.01. The van der Waals surface area contributed by atoms with Crippen LogP contribution in [0.15, 0.2) is 58.1 Å². The summed E-state index contributed by atoms with van der Waals surface area (Å²) in [6, 6.07) is 10.6. The van der Waals surface area contributed by atoms with Gasteiger partial charge in [0.05, 0.1) is 17.9 Å². The molecule has 140 valence electrons. The third-order valence-electron chi connectivity index (χ3n) is 4.12. The molecule has 2 heterocycles. The van der Waals surface area contributed by atoms with Gasteiger partial charge in [0.15, 0.2) is 0 Å². The molecule has 0 saturated heterocycles. The SMILES string of the molecule is CC[C@H](NC(=O)Nc1cc(Br)cn(C)c1=O)c1ncc(-c2ccccc2)[nH]1. The summed E-state index contributed by atoms with van der Waals surface area (Å²) in [4.78, 5) is 32.2. The van der Waals surface area contributed by atoms with Gasteiger partial charge in [0.25, 0.3) is 5.56 Å². The Balaban J connectivity index is 1.73. The lowest BCUT2D eigenvalue weighted by Gasteiger charge is -2.15. The fourth-order valence-corrected chi connectivity index (χ4v) is 3.25. The van der Waals surface area contributed by atoms with Gasteiger partial charge < -0.3 is 20.2 Å². The Hall–Kier alpha value is -2.87. The molecule has 0 spiro atoms. The molecule has 27 heavy (non-hydrogen) atoms. The Labute approximate surface area is 165 Å². The maximum atomic E-state index is 12.4. The molecule has 0 radical (unpaired) electrons. The van der Waals surface area contributed by atoms with Crippen molar-refractivity contribution in [2.75, 3.05) is 5.32 Å². The maximum absolute atomic E-state index is 12.4. The Bertz CT molecular complexity index is 997. The number of aromatic amines is 1. The molecule has 1 aromatic carbocycles. The lowest BCUT2D eigenvalue weighted by molar-refractivity contribution is 0.247. The predicted molar refractivity (Wildman–Crippen MR) is 109 cm³/mol. The van der Waals surface area contributed by atoms with Crippen molar-refractivity contribution in [1.29, 1.82) is 0 Å². The fourth-order valence-electron chi connectivity index (χ4n) is 2.72. The third kappa shape index (κ3) is 4.46. The van der Waals surface area contributed by atoms with Crippen LogP contribution in [0, 0.1) is 0 Å². The van der Waals surface area contributed by atoms with Crippen molar-refractivity contribution >= 4 is 27.6 Å². The zero-order valence-corrected chi connectivity index (χ0v) is 16.6. The number of hydrogen-bond acceptors (Lipinski definition) is 3. The van der Waals surface area contributed by atoms with Gasteiger partial charge in [-0.3, -0.25) is 4.79 Å². The van der Waals surface area contributed by atoms with E-state index in [0.29, 0.717) is 16.7 Å². The number of benzene rings is 1. The summed E-state index contributed by atoms with van der Waals surface area (Å²) < 4.78 is 2.10. The van der Waals surface area contributed by atoms with E-state index < -0.39 is 6.03 Å². The van der Waals surface area contributed by atoms with Crippen LogP contribution in [0.5, 0.6) is 0 Å². The molecule has 2 aromatic heterocycles. The lowest BCUT2D eigenvalue weighted by Crippen LogP contribution is -2.35. The van der Waals surface area contributed by atoms with Crippen LogP contribution in [-0.2, 0) is 7.05 Å². The summed E-state index contributed by atoms with van der Waals surface area (Å²) in [6.45, 7) is 1.95. The molecule has 3 N–H and O–H groups in total. The topological polar surface area (TPSA) is 91.8 Å². The maximum Gasteiger partial charge on any atom is 0.319 e. The van der Waals surface area contributed by atoms with Crippen LogP contribution in [0.4, 0.5) is 10.5 Å². The molecule has 3 aromatic rings. The number of halogens is 1. The number of imidazole rings is 1. The highest BCUT2D eigenvalue weighted by Crippen LogP contribution is 2.20. The summed E-state index contributed by atoms with van der Waals surface area (Å²) in [7, 11) is 1.62. The summed E-state index contributed by atoms with van der Waals surface area (Å²) in [5.41, 5.74) is 1.81. The number of anilines is 1. The minimum absolute atomic E-state index is 0.198. The van der Waals surface area contributed by atoms with E-state index in [4.69, 9.17) is 0 Å². The van der Waals surface area contributed by atoms with Crippen molar-refractivity contribution in [3.8, 4) is 11.3 Å². The summed E-state index contributed by atoms with van der Waals surface area (Å²) in [5.74, 6) is 0.661. The Kier molecular flexibility index (Phi) is 5.75. The molecular formula is C19H20BrN5O2. The number of aryl methyl sites for hydroxylation is 1. The zero-order chi connectivity index (χ0) is 19.4. The number of urea groups is 1. The number of nitrogens with zero attached hydrogens (tertiary/aromatic N) is 2. The van der Waals surface area contributed by atoms with Crippen molar-refractivity contribution in [2.24, 2.45) is 7.05 Å². The van der Waals surface area contributed by atoms with Crippen molar-refractivity contribution in [3.05, 3.63) is 69.4 Å². The average Bonchev–Trinajstić information content (AvgIpc) is 3.14. The predicted octanol–water partition coefficient (Wildman–Crippen LogP) is 3.81. The van der Waals surface area contributed by atoms with Crippen LogP contribution in [0.3, 0.4) is 0 Å². The fraction of sp³-hybridized carbons (Fsp3) is 0.211. The van der Waals surface area contributed by atoms with Gasteiger partial charge in [-0.05, 0) is 34.0 Å². The minimum Gasteiger partial charge on any atom is -0.340 e. The van der Waals surface area contributed by atoms with E-state index >= 15 is 0 Å². The van der Waals surface area contributed by atoms with Gasteiger partial charge in [-0.2, -0.15) is 0 Å². The van der Waals surface area contributed by atoms with Crippen LogP contribution >= 0.6 is 15.9 Å². The van der Waals surface area contributed by atoms with E-state index in [1.165, 1.54) is 4.57 Å². The van der Waals surface area contributed by atoms with Gasteiger partial charge in [-0.15, -0.1) is 0 Å². The van der Waals surface area contributed by atoms with E-state index in [1.54, 1.807) is 25.5 Å². The van der Waals surface area contributed by atoms with Crippen LogP contribution < -0.4 is 16.2 Å². The number of rotatable bonds is 5. The standard InChI is InChI=1S/C19H20BrN5O2/c1-3-14(17-21-10-16(22-17)12-7-5-4-6-8-12)23-19(27)24-15-9-13(20)11-25(2)18(15)26/h4-11,14H,3H2,1-2H3,(H,21,22)(H2,23,24,27)/t14-/m0/s1. The second kappa shape index (κ2) is 8.22. The number of aromatic nitrogens is 3. The van der Waals surface area contributed by atoms with Crippen LogP contribution in [-0.4, -0.2) is 20.6 Å². The van der Waals surface area contributed by atoms with Crippen molar-refractivity contribution < 1.29 is 4.79 Å². The first-order valence-electron chi connectivity index (χ1n) is 8.52. The summed E-state index contributed by atoms with van der Waals surface area (Å²) in [6.07, 6.45) is 4.02. The molecule has 0 bridgehead atoms. The lowest BCUT2D eigenvalue weighted by atomic mass is 10.2. The largest absolute Gasteiger partial charge is 0.340 e. The summed E-state index contributed by atoms with van der Waals surface area (Å²) in [5, 5.41) is 5.47. The number of hydrogen-bond donors (Lipinski definition) is 3. The number of nitrogens with one attached hydrogen (secondary N) is 3. The van der Waals surface area contributed by atoms with Gasteiger partial charge in [-0.1, -0.05) is 37.3 Å². The molecular weight excluding hydrogens is 410 g/mol. The van der Waals surface area contributed by atoms with E-state index in [0.717, 1.165) is 11.3 Å². The van der Waals surface area contributed by atoms with Crippen molar-refractivity contribution in [3.63, 3.8) is 0 Å². The molecule has 3 rings (SSSR count). The van der Waals surface area contributed by atoms with Crippen LogP contribution in [0.25, 0.3) is 11.3 Å². The molecule has 8 heteroatoms. The minimum atomic E-state index is -0.463. The first-order valence-corrected chi connectivity index (χ1v) is 9.31. The van der Waals surface area contributed by atoms with Gasteiger partial charge in [0, 0.05) is 17.7 Å². The van der Waals surface area contributed by atoms with E-state index in [2.05, 4.69) is 36.5 Å². The van der Waals surface area contributed by atoms with E-state index in [9.17, 15) is 9.59 Å². The summed E-state index contributed by atoms with van der Waals surface area (Å²) >= 11 is 3.32. The highest BCUT2D eigenvalue weighted by atomic mass is 79.9. The number of amides is 2. The Morgan fingerprint density at radius 2 is 2.07 bits per heavy atom. The average molecular weight is 430 g/mol. The monoisotopic (exact) mass is 429 g/mol. The first-order chi connectivity index (χ1) is 13.0. The Morgan fingerprint density at radius 3 is 2.78 bits per heavy atom. The number of pyridine rings is 1. The highest BCUT2D eigenvalue weighted by molar-refractivity contribution is 9.10. The zero-order valence-electron chi connectivity index (χ0n) is 15.0. The third-order valence-corrected chi connectivity index (χ3v) is 4.56. The van der Waals surface area contributed by atoms with Gasteiger partial charge in [0.1, 0.15) is 11.5 Å². The van der Waals surface area contributed by atoms with Gasteiger partial charge >= 0.3 is 6.03 Å². The first kappa shape index (κ1) is 18.9. The Morgan fingerprint density at radius 1 is 1.33 bits per heavy atom. The molecule has 0 fully saturated rings. The normalized spacial score (nSPS) is 11.8. The van der Waals surface area contributed by atoms with E-state index in [1.807, 2.05) is 37.3 Å². The molecule has 0 unspecified atom stereocenters. The van der Waals surface area contributed by atoms with Crippen LogP contribution in [0.1, 0.15) is 25.2 Å². The smallest absolute Gasteiger partial charge is 0.319 e. The molecule has 0 aliphatic rings. The molecule has 2 amide bonds. The van der Waals surface area contributed by atoms with E-state index in [-0.39, 0.29) is 17.3 Å². The van der Waals surface area contributed by atoms with Crippen LogP contribution in [0.2, 0.25) is 0 Å². The number of carbonyl (C=O) groups is 1. The highest BCUT2D eigenvalue weighted by Gasteiger charge is 2.17. The molecule has 0 aliphatic heterocycles. The molecule has 0 aliphatic carbocycles. The molecule has 7 nitrogen and oxygen atoms in total. The molecule has 0 saturated carbocycles. The van der Waals surface area contributed by atoms with Gasteiger partial charge in [-0.25, -0.2) is 9.78 Å². The molecule has 1 atom stereocenters. The quantitative estimate of drug-likeness (QED) is 0.575. The van der Waals surface area contributed by atoms with Crippen molar-refractivity contribution in [1.82, 2.24) is 19.9 Å². The van der Waals surface area contributed by atoms with Crippen molar-refractivity contribution in [2.45, 2.75) is 19.4 Å². The number of carbonyl (C=O) groups excluding carboxylic acids is 1.